The van der Waals surface area contributed by atoms with Gasteiger partial charge in [-0.1, -0.05) is 72.8 Å². The number of aryl methyl sites for hydroxylation is 1. The number of pyridine rings is 1. The largest absolute Gasteiger partial charge is 0.330 e. The summed E-state index contributed by atoms with van der Waals surface area (Å²) in [6, 6.07) is 28.8. The van der Waals surface area contributed by atoms with E-state index in [1.165, 1.54) is 5.56 Å². The monoisotopic (exact) mass is 432 g/mol. The van der Waals surface area contributed by atoms with Crippen LogP contribution in [0.5, 0.6) is 0 Å². The Morgan fingerprint density at radius 2 is 1.52 bits per heavy atom. The van der Waals surface area contributed by atoms with Crippen LogP contribution in [0.1, 0.15) is 21.6 Å². The van der Waals surface area contributed by atoms with Crippen LogP contribution < -0.4 is 0 Å². The van der Waals surface area contributed by atoms with Gasteiger partial charge in [-0.25, -0.2) is 4.98 Å². The minimum Gasteiger partial charge on any atom is -0.330 e. The molecule has 5 heteroatoms. The first-order valence-electron chi connectivity index (χ1n) is 10.9. The molecule has 5 rings (SSSR count). The third-order valence-electron chi connectivity index (χ3n) is 5.78. The number of carbonyl (C=O) groups is 1. The molecule has 2 heterocycles. The maximum absolute atomic E-state index is 13.4. The van der Waals surface area contributed by atoms with Gasteiger partial charge in [0.2, 0.25) is 0 Å². The summed E-state index contributed by atoms with van der Waals surface area (Å²) in [5, 5.41) is 1.06. The minimum atomic E-state index is -0.0599. The van der Waals surface area contributed by atoms with Crippen molar-refractivity contribution in [3.63, 3.8) is 0 Å². The molecule has 0 aliphatic heterocycles. The van der Waals surface area contributed by atoms with Gasteiger partial charge in [-0.3, -0.25) is 9.78 Å². The number of benzene rings is 3. The smallest absolute Gasteiger partial charge is 0.272 e. The number of imidazole rings is 1. The molecule has 162 valence electrons. The van der Waals surface area contributed by atoms with E-state index in [4.69, 9.17) is 0 Å². The Bertz CT molecular complexity index is 1390. The Hall–Kier alpha value is -4.25. The molecule has 0 bridgehead atoms. The third kappa shape index (κ3) is 4.53. The van der Waals surface area contributed by atoms with E-state index in [0.29, 0.717) is 18.8 Å². The first-order valence-corrected chi connectivity index (χ1v) is 10.9. The molecule has 5 aromatic rings. The van der Waals surface area contributed by atoms with Gasteiger partial charge in [-0.15, -0.1) is 0 Å². The van der Waals surface area contributed by atoms with Crippen molar-refractivity contribution in [1.29, 1.82) is 0 Å². The molecule has 0 saturated carbocycles. The zero-order chi connectivity index (χ0) is 22.6. The molecule has 0 radical (unpaired) electrons. The van der Waals surface area contributed by atoms with Gasteiger partial charge in [0.1, 0.15) is 5.69 Å². The molecular formula is C28H24N4O. The van der Waals surface area contributed by atoms with E-state index in [0.717, 1.165) is 27.6 Å². The van der Waals surface area contributed by atoms with Crippen molar-refractivity contribution < 1.29 is 4.79 Å². The van der Waals surface area contributed by atoms with Crippen LogP contribution in [0.4, 0.5) is 0 Å². The number of aromatic nitrogens is 3. The van der Waals surface area contributed by atoms with Crippen LogP contribution in [-0.4, -0.2) is 25.3 Å². The lowest BCUT2D eigenvalue weighted by Crippen LogP contribution is -2.31. The summed E-state index contributed by atoms with van der Waals surface area (Å²) in [5.41, 5.74) is 5.90. The number of hydrogen-bond donors (Lipinski definition) is 0. The predicted octanol–water partition coefficient (Wildman–Crippen LogP) is 5.48. The molecule has 0 fully saturated rings. The fraction of sp³-hybridized carbons (Fsp3) is 0.107. The van der Waals surface area contributed by atoms with E-state index in [-0.39, 0.29) is 5.91 Å². The Kier molecular flexibility index (Phi) is 5.68. The summed E-state index contributed by atoms with van der Waals surface area (Å²) in [5.74, 6) is -0.0599. The summed E-state index contributed by atoms with van der Waals surface area (Å²) in [4.78, 5) is 24.0. The number of hydrogen-bond acceptors (Lipinski definition) is 3. The number of nitrogens with zero attached hydrogens (tertiary/aromatic N) is 4. The van der Waals surface area contributed by atoms with E-state index in [1.807, 2.05) is 60.6 Å². The van der Waals surface area contributed by atoms with Gasteiger partial charge in [-0.2, -0.15) is 0 Å². The van der Waals surface area contributed by atoms with Gasteiger partial charge in [0, 0.05) is 31.7 Å². The zero-order valence-corrected chi connectivity index (χ0v) is 18.4. The van der Waals surface area contributed by atoms with Gasteiger partial charge in [0.25, 0.3) is 5.91 Å². The normalized spacial score (nSPS) is 10.9. The Balaban J connectivity index is 1.43. The van der Waals surface area contributed by atoms with Crippen LogP contribution in [0, 0.1) is 0 Å². The lowest BCUT2D eigenvalue weighted by atomic mass is 10.0. The van der Waals surface area contributed by atoms with Gasteiger partial charge in [0.15, 0.2) is 0 Å². The fourth-order valence-electron chi connectivity index (χ4n) is 4.00. The molecule has 0 aliphatic rings. The SMILES string of the molecule is Cn1cncc1C(=O)N(Cc1ccc(-c2ccccc2)cc1)Cc1cnc2ccccc2c1. The summed E-state index contributed by atoms with van der Waals surface area (Å²) in [6.07, 6.45) is 5.12. The molecule has 5 nitrogen and oxygen atoms in total. The molecule has 0 atom stereocenters. The number of amides is 1. The molecule has 0 spiro atoms. The van der Waals surface area contributed by atoms with Crippen LogP contribution in [0.3, 0.4) is 0 Å². The topological polar surface area (TPSA) is 51.0 Å². The molecule has 0 aliphatic carbocycles. The highest BCUT2D eigenvalue weighted by atomic mass is 16.2. The molecule has 1 amide bonds. The second kappa shape index (κ2) is 9.09. The first kappa shape index (κ1) is 20.6. The van der Waals surface area contributed by atoms with Crippen molar-refractivity contribution in [2.75, 3.05) is 0 Å². The van der Waals surface area contributed by atoms with Gasteiger partial charge in [-0.05, 0) is 34.4 Å². The standard InChI is InChI=1S/C28H24N4O/c1-31-20-29-17-27(31)28(33)32(19-22-15-25-9-5-6-10-26(25)30-16-22)18-21-11-13-24(14-12-21)23-7-3-2-4-8-23/h2-17,20H,18-19H2,1H3. The maximum Gasteiger partial charge on any atom is 0.272 e. The lowest BCUT2D eigenvalue weighted by molar-refractivity contribution is 0.0720. The van der Waals surface area contributed by atoms with E-state index in [2.05, 4.69) is 52.4 Å². The summed E-state index contributed by atoms with van der Waals surface area (Å²) in [6.45, 7) is 0.953. The fourth-order valence-corrected chi connectivity index (χ4v) is 4.00. The number of fused-ring (bicyclic) bond motifs is 1. The maximum atomic E-state index is 13.4. The van der Waals surface area contributed by atoms with Crippen molar-refractivity contribution in [2.24, 2.45) is 7.05 Å². The third-order valence-corrected chi connectivity index (χ3v) is 5.78. The molecule has 0 N–H and O–H groups in total. The summed E-state index contributed by atoms with van der Waals surface area (Å²) in [7, 11) is 1.84. The minimum absolute atomic E-state index is 0.0599. The molecule has 2 aromatic heterocycles. The Morgan fingerprint density at radius 3 is 2.27 bits per heavy atom. The van der Waals surface area contributed by atoms with Crippen LogP contribution in [0.15, 0.2) is 104 Å². The van der Waals surface area contributed by atoms with E-state index >= 15 is 0 Å². The average Bonchev–Trinajstić information content (AvgIpc) is 3.30. The number of para-hydroxylation sites is 1. The highest BCUT2D eigenvalue weighted by Crippen LogP contribution is 2.21. The van der Waals surface area contributed by atoms with E-state index in [9.17, 15) is 4.79 Å². The van der Waals surface area contributed by atoms with E-state index < -0.39 is 0 Å². The lowest BCUT2D eigenvalue weighted by Gasteiger charge is -2.23. The van der Waals surface area contributed by atoms with Crippen molar-refractivity contribution in [1.82, 2.24) is 19.4 Å². The first-order chi connectivity index (χ1) is 16.2. The van der Waals surface area contributed by atoms with Crippen molar-refractivity contribution in [3.8, 4) is 11.1 Å². The Labute approximate surface area is 193 Å². The molecule has 33 heavy (non-hydrogen) atoms. The highest BCUT2D eigenvalue weighted by molar-refractivity contribution is 5.92. The van der Waals surface area contributed by atoms with Crippen LogP contribution in [0.2, 0.25) is 0 Å². The Morgan fingerprint density at radius 1 is 0.818 bits per heavy atom. The number of rotatable bonds is 6. The van der Waals surface area contributed by atoms with Crippen LogP contribution >= 0.6 is 0 Å². The number of carbonyl (C=O) groups excluding carboxylic acids is 1. The van der Waals surface area contributed by atoms with Gasteiger partial charge < -0.3 is 9.47 Å². The van der Waals surface area contributed by atoms with Crippen molar-refractivity contribution in [3.05, 3.63) is 120 Å². The van der Waals surface area contributed by atoms with Crippen LogP contribution in [-0.2, 0) is 20.1 Å². The van der Waals surface area contributed by atoms with E-state index in [1.54, 1.807) is 17.1 Å². The molecule has 0 saturated heterocycles. The van der Waals surface area contributed by atoms with Gasteiger partial charge >= 0.3 is 0 Å². The highest BCUT2D eigenvalue weighted by Gasteiger charge is 2.20. The summed E-state index contributed by atoms with van der Waals surface area (Å²) >= 11 is 0. The second-order valence-electron chi connectivity index (χ2n) is 8.15. The van der Waals surface area contributed by atoms with Crippen LogP contribution in [0.25, 0.3) is 22.0 Å². The van der Waals surface area contributed by atoms with Crippen molar-refractivity contribution in [2.45, 2.75) is 13.1 Å². The van der Waals surface area contributed by atoms with Gasteiger partial charge in [0.05, 0.1) is 18.0 Å². The quantitative estimate of drug-likeness (QED) is 0.357. The summed E-state index contributed by atoms with van der Waals surface area (Å²) < 4.78 is 1.76. The molecular weight excluding hydrogens is 408 g/mol. The molecule has 0 unspecified atom stereocenters. The van der Waals surface area contributed by atoms with Crippen molar-refractivity contribution >= 4 is 16.8 Å². The second-order valence-corrected chi connectivity index (χ2v) is 8.15. The molecule has 3 aromatic carbocycles. The predicted molar refractivity (Wildman–Crippen MR) is 130 cm³/mol. The zero-order valence-electron chi connectivity index (χ0n) is 18.4. The average molecular weight is 433 g/mol.